The maximum atomic E-state index is 13.3. The van der Waals surface area contributed by atoms with E-state index in [1.54, 1.807) is 0 Å². The minimum atomic E-state index is -7.24. The zero-order chi connectivity index (χ0) is 17.6. The van der Waals surface area contributed by atoms with Crippen LogP contribution in [0.2, 0.25) is 0 Å². The van der Waals surface area contributed by atoms with Crippen LogP contribution < -0.4 is 10.0 Å². The zero-order valence-corrected chi connectivity index (χ0v) is 11.1. The largest absolute Gasteiger partial charge is 0.460 e. The highest BCUT2D eigenvalue weighted by Crippen LogP contribution is 2.54. The van der Waals surface area contributed by atoms with Crippen LogP contribution in [-0.4, -0.2) is 50.8 Å². The van der Waals surface area contributed by atoms with Gasteiger partial charge in [-0.15, -0.1) is 0 Å². The van der Waals surface area contributed by atoms with Crippen LogP contribution in [-0.2, 0) is 10.0 Å². The first-order valence-corrected chi connectivity index (χ1v) is 6.99. The lowest BCUT2D eigenvalue weighted by atomic mass is 10.1. The molecule has 0 aromatic carbocycles. The summed E-state index contributed by atoms with van der Waals surface area (Å²) in [5, 5.41) is -4.23. The van der Waals surface area contributed by atoms with Gasteiger partial charge in [0.25, 0.3) is 10.0 Å². The van der Waals surface area contributed by atoms with E-state index in [1.807, 2.05) is 0 Å². The molecule has 1 aliphatic rings. The monoisotopic (exact) mass is 368 g/mol. The standard InChI is InChI=1S/C8H9F9N2O2S/c9-5(10,7(13,14)15)6(11,12)8(16,17)22(20,21)19-4-1-2-18-3-4/h4,18-19H,1-3H2/t4-/m0/s1. The molecule has 0 bridgehead atoms. The van der Waals surface area contributed by atoms with Crippen molar-refractivity contribution in [3.8, 4) is 0 Å². The van der Waals surface area contributed by atoms with E-state index in [9.17, 15) is 47.9 Å². The lowest BCUT2D eigenvalue weighted by molar-refractivity contribution is -0.382. The quantitative estimate of drug-likeness (QED) is 0.727. The predicted octanol–water partition coefficient (Wildman–Crippen LogP) is 1.69. The summed E-state index contributed by atoms with van der Waals surface area (Å²) in [6.07, 6.45) is -7.19. The average Bonchev–Trinajstić information content (AvgIpc) is 2.78. The van der Waals surface area contributed by atoms with E-state index in [1.165, 1.54) is 0 Å². The summed E-state index contributed by atoms with van der Waals surface area (Å²) >= 11 is 0. The molecule has 1 atom stereocenters. The van der Waals surface area contributed by atoms with Gasteiger partial charge in [0.15, 0.2) is 0 Å². The molecule has 0 aromatic rings. The maximum Gasteiger partial charge on any atom is 0.460 e. The van der Waals surface area contributed by atoms with Crippen molar-refractivity contribution in [3.63, 3.8) is 0 Å². The number of halogens is 9. The smallest absolute Gasteiger partial charge is 0.315 e. The Labute approximate surface area is 118 Å². The molecule has 1 aliphatic heterocycles. The highest BCUT2D eigenvalue weighted by molar-refractivity contribution is 7.90. The van der Waals surface area contributed by atoms with E-state index in [0.717, 1.165) is 4.72 Å². The summed E-state index contributed by atoms with van der Waals surface area (Å²) in [6.45, 7) is -0.148. The molecule has 0 radical (unpaired) electrons. The molecule has 1 heterocycles. The molecule has 0 saturated carbocycles. The van der Waals surface area contributed by atoms with Crippen LogP contribution in [0.5, 0.6) is 0 Å². The first kappa shape index (κ1) is 19.3. The van der Waals surface area contributed by atoms with Crippen LogP contribution in [0, 0.1) is 0 Å². The van der Waals surface area contributed by atoms with E-state index in [-0.39, 0.29) is 19.5 Å². The first-order chi connectivity index (χ1) is 9.58. The van der Waals surface area contributed by atoms with E-state index in [4.69, 9.17) is 0 Å². The van der Waals surface area contributed by atoms with Gasteiger partial charge in [-0.25, -0.2) is 13.1 Å². The van der Waals surface area contributed by atoms with Crippen molar-refractivity contribution >= 4 is 10.0 Å². The molecule has 0 unspecified atom stereocenters. The Morgan fingerprint density at radius 1 is 0.909 bits per heavy atom. The number of sulfonamides is 1. The van der Waals surface area contributed by atoms with Crippen molar-refractivity contribution < 1.29 is 47.9 Å². The second kappa shape index (κ2) is 5.40. The molecule has 14 heteroatoms. The molecule has 0 aliphatic carbocycles. The average molecular weight is 368 g/mol. The second-order valence-corrected chi connectivity index (χ2v) is 6.23. The van der Waals surface area contributed by atoms with Gasteiger partial charge in [0.1, 0.15) is 0 Å². The number of nitrogens with one attached hydrogen (secondary N) is 2. The van der Waals surface area contributed by atoms with Crippen molar-refractivity contribution in [3.05, 3.63) is 0 Å². The molecule has 0 aromatic heterocycles. The fourth-order valence-corrected chi connectivity index (χ4v) is 2.83. The molecular weight excluding hydrogens is 359 g/mol. The first-order valence-electron chi connectivity index (χ1n) is 5.50. The normalized spacial score (nSPS) is 22.1. The molecule has 132 valence electrons. The molecule has 0 amide bonds. The van der Waals surface area contributed by atoms with Gasteiger partial charge < -0.3 is 5.32 Å². The molecule has 2 N–H and O–H groups in total. The van der Waals surface area contributed by atoms with E-state index >= 15 is 0 Å². The zero-order valence-electron chi connectivity index (χ0n) is 10.3. The molecule has 22 heavy (non-hydrogen) atoms. The van der Waals surface area contributed by atoms with Crippen molar-refractivity contribution in [2.24, 2.45) is 0 Å². The number of alkyl halides is 9. The number of rotatable bonds is 5. The Morgan fingerprint density at radius 2 is 1.41 bits per heavy atom. The number of hydrogen-bond donors (Lipinski definition) is 2. The van der Waals surface area contributed by atoms with Gasteiger partial charge in [0.2, 0.25) is 0 Å². The maximum absolute atomic E-state index is 13.3. The van der Waals surface area contributed by atoms with Crippen LogP contribution in [0.1, 0.15) is 6.42 Å². The van der Waals surface area contributed by atoms with Crippen molar-refractivity contribution in [2.45, 2.75) is 35.7 Å². The SMILES string of the molecule is O=S(=O)(N[C@H]1CCNC1)C(F)(F)C(F)(F)C(F)(F)C(F)(F)F. The summed E-state index contributed by atoms with van der Waals surface area (Å²) in [7, 11) is -6.50. The number of hydrogen-bond acceptors (Lipinski definition) is 3. The third-order valence-electron chi connectivity index (χ3n) is 2.84. The van der Waals surface area contributed by atoms with Crippen LogP contribution in [0.25, 0.3) is 0 Å². The van der Waals surface area contributed by atoms with Gasteiger partial charge in [-0.1, -0.05) is 0 Å². The molecule has 1 rings (SSSR count). The van der Waals surface area contributed by atoms with Gasteiger partial charge in [0.05, 0.1) is 0 Å². The second-order valence-electron chi connectivity index (χ2n) is 4.47. The molecule has 1 fully saturated rings. The summed E-state index contributed by atoms with van der Waals surface area (Å²) in [4.78, 5) is 0. The Morgan fingerprint density at radius 3 is 1.77 bits per heavy atom. The Balaban J connectivity index is 3.19. The van der Waals surface area contributed by atoms with Crippen LogP contribution in [0.3, 0.4) is 0 Å². The van der Waals surface area contributed by atoms with Gasteiger partial charge in [-0.2, -0.15) is 39.5 Å². The predicted molar refractivity (Wildman–Crippen MR) is 54.2 cm³/mol. The van der Waals surface area contributed by atoms with Gasteiger partial charge in [0, 0.05) is 12.6 Å². The van der Waals surface area contributed by atoms with E-state index < -0.39 is 39.3 Å². The minimum Gasteiger partial charge on any atom is -0.315 e. The van der Waals surface area contributed by atoms with Gasteiger partial charge in [-0.05, 0) is 13.0 Å². The third kappa shape index (κ3) is 2.87. The highest BCUT2D eigenvalue weighted by atomic mass is 32.2. The molecule has 0 spiro atoms. The van der Waals surface area contributed by atoms with Crippen LogP contribution >= 0.6 is 0 Å². The topological polar surface area (TPSA) is 58.2 Å². The molecule has 1 saturated heterocycles. The summed E-state index contributed by atoms with van der Waals surface area (Å²) in [5.41, 5.74) is 0. The van der Waals surface area contributed by atoms with E-state index in [2.05, 4.69) is 5.32 Å². The lowest BCUT2D eigenvalue weighted by Gasteiger charge is -2.33. The van der Waals surface area contributed by atoms with Gasteiger partial charge >= 0.3 is 23.3 Å². The van der Waals surface area contributed by atoms with Crippen LogP contribution in [0.15, 0.2) is 0 Å². The van der Waals surface area contributed by atoms with Crippen LogP contribution in [0.4, 0.5) is 39.5 Å². The van der Waals surface area contributed by atoms with E-state index in [0.29, 0.717) is 0 Å². The molecule has 4 nitrogen and oxygen atoms in total. The third-order valence-corrected chi connectivity index (χ3v) is 4.41. The lowest BCUT2D eigenvalue weighted by Crippen LogP contribution is -2.65. The van der Waals surface area contributed by atoms with Crippen molar-refractivity contribution in [2.75, 3.05) is 13.1 Å². The Kier molecular flexibility index (Phi) is 4.74. The Hall–Kier alpha value is -0.760. The fourth-order valence-electron chi connectivity index (χ4n) is 1.58. The minimum absolute atomic E-state index is 0.119. The summed E-state index contributed by atoms with van der Waals surface area (Å²) in [6, 6.07) is -1.33. The summed E-state index contributed by atoms with van der Waals surface area (Å²) in [5.74, 6) is -14.4. The van der Waals surface area contributed by atoms with Crippen molar-refractivity contribution in [1.29, 1.82) is 0 Å². The van der Waals surface area contributed by atoms with Gasteiger partial charge in [-0.3, -0.25) is 0 Å². The summed E-state index contributed by atoms with van der Waals surface area (Å²) < 4.78 is 137. The fraction of sp³-hybridized carbons (Fsp3) is 1.00. The van der Waals surface area contributed by atoms with Crippen molar-refractivity contribution in [1.82, 2.24) is 10.0 Å². The highest BCUT2D eigenvalue weighted by Gasteiger charge is 2.85. The Bertz CT molecular complexity index is 510. The molecular formula is C8H9F9N2O2S.